The zero-order chi connectivity index (χ0) is 27.8. The number of Topliss-reactive ketones (excluding diaryl/α,β-unsaturated/α-hetero) is 1. The molecule has 0 saturated carbocycles. The third-order valence-electron chi connectivity index (χ3n) is 6.16. The molecule has 0 aromatic heterocycles. The van der Waals surface area contributed by atoms with Gasteiger partial charge >= 0.3 is 6.18 Å². The summed E-state index contributed by atoms with van der Waals surface area (Å²) in [5.74, 6) is 3.52. The average Bonchev–Trinajstić information content (AvgIpc) is 2.87. The highest BCUT2D eigenvalue weighted by molar-refractivity contribution is 8.00. The van der Waals surface area contributed by atoms with E-state index >= 15 is 0 Å². The molecule has 0 saturated heterocycles. The number of ketones is 1. The summed E-state index contributed by atoms with van der Waals surface area (Å²) in [4.78, 5) is 11.0. The van der Waals surface area contributed by atoms with Crippen LogP contribution >= 0.6 is 23.2 Å². The van der Waals surface area contributed by atoms with Crippen molar-refractivity contribution in [2.45, 2.75) is 37.8 Å². The van der Waals surface area contributed by atoms with E-state index in [0.29, 0.717) is 33.5 Å². The molecule has 1 atom stereocenters. The standard InChI is InChI=1S/C29H29Cl2F3O3S/c1-38(36,20-18-37-26-15-4-21(5-16-26)6-17-28(35)29(32,33)34)19-2-3-27(22-7-11-24(30)12-8-22)23-9-13-25(31)14-10-23/h4-5,7-16,27H,1-3,6,17-20H2. The summed E-state index contributed by atoms with van der Waals surface area (Å²) in [6.07, 6.45) is -3.93. The molecule has 0 radical (unpaired) electrons. The molecule has 38 heavy (non-hydrogen) atoms. The molecule has 0 bridgehead atoms. The molecule has 0 N–H and O–H groups in total. The fourth-order valence-corrected chi connectivity index (χ4v) is 5.57. The number of aryl methyl sites for hydroxylation is 1. The van der Waals surface area contributed by atoms with Crippen LogP contribution in [0.2, 0.25) is 10.0 Å². The van der Waals surface area contributed by atoms with Crippen LogP contribution in [0.15, 0.2) is 72.8 Å². The number of ether oxygens (including phenoxy) is 1. The lowest BCUT2D eigenvalue weighted by Gasteiger charge is -2.19. The van der Waals surface area contributed by atoms with Gasteiger partial charge in [0.25, 0.3) is 0 Å². The summed E-state index contributed by atoms with van der Waals surface area (Å²) in [5, 5.41) is 1.33. The van der Waals surface area contributed by atoms with E-state index in [1.165, 1.54) is 0 Å². The number of benzene rings is 3. The van der Waals surface area contributed by atoms with Gasteiger partial charge in [-0.2, -0.15) is 13.2 Å². The lowest BCUT2D eigenvalue weighted by Crippen LogP contribution is -2.22. The highest BCUT2D eigenvalue weighted by atomic mass is 35.5. The Morgan fingerprint density at radius 2 is 1.39 bits per heavy atom. The van der Waals surface area contributed by atoms with Gasteiger partial charge in [0.05, 0.1) is 12.4 Å². The monoisotopic (exact) mass is 584 g/mol. The second-order valence-electron chi connectivity index (χ2n) is 9.09. The highest BCUT2D eigenvalue weighted by Crippen LogP contribution is 2.31. The van der Waals surface area contributed by atoms with Gasteiger partial charge in [0.15, 0.2) is 0 Å². The predicted molar refractivity (Wildman–Crippen MR) is 150 cm³/mol. The first-order valence-corrected chi connectivity index (χ1v) is 14.9. The molecule has 3 rings (SSSR count). The summed E-state index contributed by atoms with van der Waals surface area (Å²) >= 11 is 12.1. The predicted octanol–water partition coefficient (Wildman–Crippen LogP) is 7.76. The summed E-state index contributed by atoms with van der Waals surface area (Å²) in [5.41, 5.74) is 2.83. The molecule has 0 spiro atoms. The third-order valence-corrected chi connectivity index (χ3v) is 8.61. The number of halogens is 5. The lowest BCUT2D eigenvalue weighted by molar-refractivity contribution is -0.171. The quantitative estimate of drug-likeness (QED) is 0.193. The topological polar surface area (TPSA) is 43.4 Å². The SMILES string of the molecule is C=S(=O)(CCCC(c1ccc(Cl)cc1)c1ccc(Cl)cc1)CCOc1ccc(CCC(=O)C(F)(F)F)cc1. The first-order chi connectivity index (χ1) is 17.9. The maximum Gasteiger partial charge on any atom is 0.449 e. The Labute approximate surface area is 231 Å². The molecular weight excluding hydrogens is 556 g/mol. The summed E-state index contributed by atoms with van der Waals surface area (Å²) in [6, 6.07) is 21.9. The van der Waals surface area contributed by atoms with Gasteiger partial charge in [-0.1, -0.05) is 59.6 Å². The van der Waals surface area contributed by atoms with Crippen LogP contribution in [0.4, 0.5) is 13.2 Å². The van der Waals surface area contributed by atoms with Gasteiger partial charge in [-0.05, 0) is 87.7 Å². The van der Waals surface area contributed by atoms with Gasteiger partial charge in [-0.3, -0.25) is 9.00 Å². The van der Waals surface area contributed by atoms with E-state index in [1.54, 1.807) is 24.3 Å². The molecule has 204 valence electrons. The Balaban J connectivity index is 1.48. The van der Waals surface area contributed by atoms with Crippen molar-refractivity contribution in [2.75, 3.05) is 18.1 Å². The molecule has 0 aliphatic rings. The van der Waals surface area contributed by atoms with Gasteiger partial charge in [-0.25, -0.2) is 0 Å². The minimum Gasteiger partial charge on any atom is -0.493 e. The van der Waals surface area contributed by atoms with E-state index in [9.17, 15) is 22.2 Å². The van der Waals surface area contributed by atoms with Crippen LogP contribution in [0.25, 0.3) is 0 Å². The molecule has 1 unspecified atom stereocenters. The highest BCUT2D eigenvalue weighted by Gasteiger charge is 2.37. The minimum absolute atomic E-state index is 0.00163. The number of hydrogen-bond acceptors (Lipinski definition) is 3. The van der Waals surface area contributed by atoms with Gasteiger partial charge in [-0.15, -0.1) is 0 Å². The summed E-state index contributed by atoms with van der Waals surface area (Å²) in [7, 11) is -2.38. The first kappa shape index (κ1) is 30.1. The second kappa shape index (κ2) is 13.5. The molecule has 0 aliphatic heterocycles. The zero-order valence-electron chi connectivity index (χ0n) is 20.7. The maximum atomic E-state index is 13.1. The van der Waals surface area contributed by atoms with Crippen LogP contribution < -0.4 is 4.74 Å². The number of alkyl halides is 3. The fraction of sp³-hybridized carbons (Fsp3) is 0.310. The van der Waals surface area contributed by atoms with E-state index < -0.39 is 27.9 Å². The molecule has 9 heteroatoms. The fourth-order valence-electron chi connectivity index (χ4n) is 4.03. The Kier molecular flexibility index (Phi) is 10.7. The van der Waals surface area contributed by atoms with Crippen molar-refractivity contribution in [1.29, 1.82) is 0 Å². The van der Waals surface area contributed by atoms with Crippen LogP contribution in [-0.2, 0) is 20.7 Å². The van der Waals surface area contributed by atoms with Crippen LogP contribution in [0, 0.1) is 0 Å². The van der Waals surface area contributed by atoms with Crippen molar-refractivity contribution >= 4 is 44.4 Å². The van der Waals surface area contributed by atoms with Crippen molar-refractivity contribution in [3.05, 3.63) is 99.5 Å². The Hall–Kier alpha value is -2.48. The molecule has 0 aliphatic carbocycles. The molecule has 3 aromatic rings. The minimum atomic E-state index is -4.81. The average molecular weight is 586 g/mol. The summed E-state index contributed by atoms with van der Waals surface area (Å²) in [6.45, 7) is 0.200. The van der Waals surface area contributed by atoms with Gasteiger partial charge in [0, 0.05) is 28.1 Å². The van der Waals surface area contributed by atoms with E-state index in [1.807, 2.05) is 48.5 Å². The first-order valence-electron chi connectivity index (χ1n) is 12.1. The molecule has 0 heterocycles. The molecule has 3 nitrogen and oxygen atoms in total. The van der Waals surface area contributed by atoms with Crippen LogP contribution in [0.5, 0.6) is 5.75 Å². The largest absolute Gasteiger partial charge is 0.493 e. The number of hydrogen-bond donors (Lipinski definition) is 0. The van der Waals surface area contributed by atoms with E-state index in [-0.39, 0.29) is 24.7 Å². The van der Waals surface area contributed by atoms with Gasteiger partial charge < -0.3 is 4.74 Å². The van der Waals surface area contributed by atoms with Crippen molar-refractivity contribution in [1.82, 2.24) is 0 Å². The molecular formula is C29H29Cl2F3O3S. The maximum absolute atomic E-state index is 13.1. The zero-order valence-corrected chi connectivity index (χ0v) is 23.0. The normalized spacial score (nSPS) is 13.3. The number of carbonyl (C=O) groups is 1. The van der Waals surface area contributed by atoms with E-state index in [2.05, 4.69) is 5.87 Å². The second-order valence-corrected chi connectivity index (χ2v) is 12.7. The van der Waals surface area contributed by atoms with Crippen molar-refractivity contribution < 1.29 is 26.9 Å². The van der Waals surface area contributed by atoms with Gasteiger partial charge in [0.2, 0.25) is 5.78 Å². The third kappa shape index (κ3) is 9.68. The summed E-state index contributed by atoms with van der Waals surface area (Å²) < 4.78 is 55.8. The van der Waals surface area contributed by atoms with Crippen LogP contribution in [-0.4, -0.2) is 40.2 Å². The Morgan fingerprint density at radius 3 is 1.89 bits per heavy atom. The number of carbonyl (C=O) groups excluding carboxylic acids is 1. The lowest BCUT2D eigenvalue weighted by atomic mass is 9.88. The van der Waals surface area contributed by atoms with E-state index in [0.717, 1.165) is 17.5 Å². The van der Waals surface area contributed by atoms with Crippen LogP contribution in [0.3, 0.4) is 0 Å². The van der Waals surface area contributed by atoms with Crippen molar-refractivity contribution in [2.24, 2.45) is 0 Å². The van der Waals surface area contributed by atoms with Crippen LogP contribution in [0.1, 0.15) is 41.9 Å². The van der Waals surface area contributed by atoms with Crippen molar-refractivity contribution in [3.8, 4) is 5.75 Å². The molecule has 0 fully saturated rings. The molecule has 0 amide bonds. The smallest absolute Gasteiger partial charge is 0.449 e. The van der Waals surface area contributed by atoms with E-state index in [4.69, 9.17) is 27.9 Å². The van der Waals surface area contributed by atoms with Gasteiger partial charge in [0.1, 0.15) is 5.75 Å². The van der Waals surface area contributed by atoms with Crippen molar-refractivity contribution in [3.63, 3.8) is 0 Å². The number of rotatable bonds is 13. The Bertz CT molecular complexity index is 1240. The Morgan fingerprint density at radius 1 is 0.868 bits per heavy atom. The molecule has 3 aromatic carbocycles.